The van der Waals surface area contributed by atoms with Gasteiger partial charge in [-0.25, -0.2) is 0 Å². The Bertz CT molecular complexity index is 691. The van der Waals surface area contributed by atoms with Crippen molar-refractivity contribution in [2.75, 3.05) is 48.0 Å². The SMILES string of the molecule is CCN(CC)c1ccc(NC(=O)c2cc(N)ccc2N(C)C)cc1. The molecule has 0 atom stereocenters. The Hall–Kier alpha value is -2.69. The summed E-state index contributed by atoms with van der Waals surface area (Å²) >= 11 is 0. The van der Waals surface area contributed by atoms with E-state index >= 15 is 0 Å². The largest absolute Gasteiger partial charge is 0.399 e. The normalized spacial score (nSPS) is 10.3. The monoisotopic (exact) mass is 326 g/mol. The van der Waals surface area contributed by atoms with Crippen molar-refractivity contribution in [1.29, 1.82) is 0 Å². The summed E-state index contributed by atoms with van der Waals surface area (Å²) in [7, 11) is 3.81. The van der Waals surface area contributed by atoms with Crippen LogP contribution in [0.5, 0.6) is 0 Å². The first-order valence-electron chi connectivity index (χ1n) is 8.19. The first-order chi connectivity index (χ1) is 11.5. The van der Waals surface area contributed by atoms with E-state index in [0.29, 0.717) is 11.3 Å². The molecular formula is C19H26N4O. The van der Waals surface area contributed by atoms with E-state index in [4.69, 9.17) is 5.73 Å². The second kappa shape index (κ2) is 7.73. The summed E-state index contributed by atoms with van der Waals surface area (Å²) in [5.74, 6) is -0.165. The highest BCUT2D eigenvalue weighted by atomic mass is 16.1. The van der Waals surface area contributed by atoms with Crippen LogP contribution in [0.3, 0.4) is 0 Å². The molecule has 0 bridgehead atoms. The molecule has 0 heterocycles. The van der Waals surface area contributed by atoms with Gasteiger partial charge in [-0.2, -0.15) is 0 Å². The van der Waals surface area contributed by atoms with Crippen molar-refractivity contribution in [3.63, 3.8) is 0 Å². The summed E-state index contributed by atoms with van der Waals surface area (Å²) in [6, 6.07) is 13.2. The first kappa shape index (κ1) is 17.7. The number of nitrogens with zero attached hydrogens (tertiary/aromatic N) is 2. The van der Waals surface area contributed by atoms with Gasteiger partial charge in [0, 0.05) is 49.9 Å². The van der Waals surface area contributed by atoms with Crippen molar-refractivity contribution < 1.29 is 4.79 Å². The molecule has 0 spiro atoms. The van der Waals surface area contributed by atoms with Gasteiger partial charge in [-0.3, -0.25) is 4.79 Å². The fraction of sp³-hybridized carbons (Fsp3) is 0.316. The molecule has 0 saturated heterocycles. The zero-order chi connectivity index (χ0) is 17.7. The van der Waals surface area contributed by atoms with Crippen molar-refractivity contribution in [2.24, 2.45) is 0 Å². The van der Waals surface area contributed by atoms with Gasteiger partial charge in [-0.15, -0.1) is 0 Å². The minimum absolute atomic E-state index is 0.165. The molecule has 5 nitrogen and oxygen atoms in total. The van der Waals surface area contributed by atoms with Crippen LogP contribution < -0.4 is 20.9 Å². The summed E-state index contributed by atoms with van der Waals surface area (Å²) in [5.41, 5.74) is 9.72. The maximum absolute atomic E-state index is 12.6. The van der Waals surface area contributed by atoms with Crippen molar-refractivity contribution in [2.45, 2.75) is 13.8 Å². The van der Waals surface area contributed by atoms with Gasteiger partial charge in [0.05, 0.1) is 5.56 Å². The number of rotatable bonds is 6. The van der Waals surface area contributed by atoms with Gasteiger partial charge in [0.2, 0.25) is 0 Å². The molecule has 0 unspecified atom stereocenters. The third kappa shape index (κ3) is 3.98. The molecule has 0 aliphatic heterocycles. The predicted octanol–water partition coefficient (Wildman–Crippen LogP) is 3.43. The minimum atomic E-state index is -0.165. The summed E-state index contributed by atoms with van der Waals surface area (Å²) < 4.78 is 0. The molecule has 128 valence electrons. The van der Waals surface area contributed by atoms with Gasteiger partial charge in [0.15, 0.2) is 0 Å². The van der Waals surface area contributed by atoms with Crippen LogP contribution >= 0.6 is 0 Å². The minimum Gasteiger partial charge on any atom is -0.399 e. The number of hydrogen-bond donors (Lipinski definition) is 2. The standard InChI is InChI=1S/C19H26N4O/c1-5-23(6-2)16-10-8-15(9-11-16)21-19(24)17-13-14(20)7-12-18(17)22(3)4/h7-13H,5-6,20H2,1-4H3,(H,21,24). The van der Waals surface area contributed by atoms with Crippen molar-refractivity contribution >= 4 is 28.7 Å². The lowest BCUT2D eigenvalue weighted by Gasteiger charge is -2.21. The fourth-order valence-corrected chi connectivity index (χ4v) is 2.67. The fourth-order valence-electron chi connectivity index (χ4n) is 2.67. The maximum Gasteiger partial charge on any atom is 0.257 e. The number of anilines is 4. The second-order valence-corrected chi connectivity index (χ2v) is 5.84. The average Bonchev–Trinajstić information content (AvgIpc) is 2.57. The quantitative estimate of drug-likeness (QED) is 0.798. The average molecular weight is 326 g/mol. The van der Waals surface area contributed by atoms with E-state index in [1.54, 1.807) is 12.1 Å². The van der Waals surface area contributed by atoms with E-state index in [0.717, 1.165) is 30.2 Å². The second-order valence-electron chi connectivity index (χ2n) is 5.84. The molecule has 3 N–H and O–H groups in total. The third-order valence-corrected chi connectivity index (χ3v) is 4.00. The lowest BCUT2D eigenvalue weighted by Crippen LogP contribution is -2.21. The molecule has 1 amide bonds. The molecule has 0 saturated carbocycles. The summed E-state index contributed by atoms with van der Waals surface area (Å²) in [4.78, 5) is 16.8. The van der Waals surface area contributed by atoms with Crippen LogP contribution in [-0.2, 0) is 0 Å². The van der Waals surface area contributed by atoms with E-state index in [1.165, 1.54) is 0 Å². The van der Waals surface area contributed by atoms with Crippen LogP contribution in [0.1, 0.15) is 24.2 Å². The molecule has 2 rings (SSSR count). The number of carbonyl (C=O) groups excluding carboxylic acids is 1. The Balaban J connectivity index is 2.20. The number of hydrogen-bond acceptors (Lipinski definition) is 4. The molecule has 2 aromatic rings. The Kier molecular flexibility index (Phi) is 5.68. The van der Waals surface area contributed by atoms with Gasteiger partial charge in [-0.1, -0.05) is 0 Å². The van der Waals surface area contributed by atoms with Gasteiger partial charge in [-0.05, 0) is 56.3 Å². The van der Waals surface area contributed by atoms with Gasteiger partial charge >= 0.3 is 0 Å². The first-order valence-corrected chi connectivity index (χ1v) is 8.19. The molecule has 0 radical (unpaired) electrons. The Morgan fingerprint density at radius 3 is 2.21 bits per heavy atom. The summed E-state index contributed by atoms with van der Waals surface area (Å²) in [6.45, 7) is 6.17. The topological polar surface area (TPSA) is 61.6 Å². The highest BCUT2D eigenvalue weighted by molar-refractivity contribution is 6.08. The van der Waals surface area contributed by atoms with Gasteiger partial charge in [0.25, 0.3) is 5.91 Å². The molecule has 0 aliphatic carbocycles. The molecule has 0 fully saturated rings. The van der Waals surface area contributed by atoms with Crippen LogP contribution in [0.4, 0.5) is 22.7 Å². The van der Waals surface area contributed by atoms with Gasteiger partial charge < -0.3 is 20.9 Å². The van der Waals surface area contributed by atoms with Crippen LogP contribution in [-0.4, -0.2) is 33.1 Å². The number of nitrogens with one attached hydrogen (secondary N) is 1. The number of nitrogen functional groups attached to an aromatic ring is 1. The molecule has 0 aromatic heterocycles. The van der Waals surface area contributed by atoms with Crippen LogP contribution in [0.2, 0.25) is 0 Å². The van der Waals surface area contributed by atoms with Crippen LogP contribution in [0, 0.1) is 0 Å². The lowest BCUT2D eigenvalue weighted by molar-refractivity contribution is 0.102. The maximum atomic E-state index is 12.6. The zero-order valence-corrected chi connectivity index (χ0v) is 14.8. The highest BCUT2D eigenvalue weighted by Gasteiger charge is 2.14. The number of carbonyl (C=O) groups is 1. The smallest absolute Gasteiger partial charge is 0.257 e. The Morgan fingerprint density at radius 1 is 1.04 bits per heavy atom. The Labute approximate surface area is 144 Å². The van der Waals surface area contributed by atoms with E-state index < -0.39 is 0 Å². The predicted molar refractivity (Wildman–Crippen MR) is 103 cm³/mol. The van der Waals surface area contributed by atoms with E-state index in [1.807, 2.05) is 49.3 Å². The van der Waals surface area contributed by atoms with Crippen molar-refractivity contribution in [3.8, 4) is 0 Å². The summed E-state index contributed by atoms with van der Waals surface area (Å²) in [6.07, 6.45) is 0. The Morgan fingerprint density at radius 2 is 1.67 bits per heavy atom. The van der Waals surface area contributed by atoms with E-state index in [2.05, 4.69) is 24.1 Å². The molecule has 24 heavy (non-hydrogen) atoms. The van der Waals surface area contributed by atoms with Crippen LogP contribution in [0.25, 0.3) is 0 Å². The molecular weight excluding hydrogens is 300 g/mol. The number of nitrogens with two attached hydrogens (primary N) is 1. The molecule has 0 aliphatic rings. The van der Waals surface area contributed by atoms with E-state index in [-0.39, 0.29) is 5.91 Å². The van der Waals surface area contributed by atoms with Crippen LogP contribution in [0.15, 0.2) is 42.5 Å². The van der Waals surface area contributed by atoms with Crippen molar-refractivity contribution in [1.82, 2.24) is 0 Å². The van der Waals surface area contributed by atoms with E-state index in [9.17, 15) is 4.79 Å². The zero-order valence-electron chi connectivity index (χ0n) is 14.8. The highest BCUT2D eigenvalue weighted by Crippen LogP contribution is 2.23. The van der Waals surface area contributed by atoms with Gasteiger partial charge in [0.1, 0.15) is 0 Å². The number of benzene rings is 2. The van der Waals surface area contributed by atoms with Crippen molar-refractivity contribution in [3.05, 3.63) is 48.0 Å². The lowest BCUT2D eigenvalue weighted by atomic mass is 10.1. The summed E-state index contributed by atoms with van der Waals surface area (Å²) in [5, 5.41) is 2.94. The number of amides is 1. The third-order valence-electron chi connectivity index (χ3n) is 4.00. The molecule has 2 aromatic carbocycles. The molecule has 5 heteroatoms.